The van der Waals surface area contributed by atoms with Crippen molar-refractivity contribution in [1.29, 1.82) is 0 Å². The van der Waals surface area contributed by atoms with Gasteiger partial charge in [-0.3, -0.25) is 19.2 Å². The van der Waals surface area contributed by atoms with E-state index in [1.807, 2.05) is 186 Å². The second-order valence-corrected chi connectivity index (χ2v) is 33.9. The normalized spacial score (nSPS) is 17.1. The minimum absolute atomic E-state index is 0. The Morgan fingerprint density at radius 3 is 1.04 bits per heavy atom. The fourth-order valence-electron chi connectivity index (χ4n) is 17.6. The van der Waals surface area contributed by atoms with Crippen LogP contribution in [-0.4, -0.2) is 226 Å². The van der Waals surface area contributed by atoms with Crippen LogP contribution in [-0.2, 0) is 43.2 Å². The van der Waals surface area contributed by atoms with Crippen molar-refractivity contribution in [1.82, 2.24) is 59.7 Å². The molecule has 5 amide bonds. The average molecular weight is 1770 g/mol. The number of anilines is 6. The van der Waals surface area contributed by atoms with Gasteiger partial charge in [0.15, 0.2) is 0 Å². The molecule has 4 N–H and O–H groups in total. The molecular formula is C100H115Cl3N18O6. The molecule has 0 radical (unpaired) electrons. The molecule has 662 valence electrons. The van der Waals surface area contributed by atoms with Gasteiger partial charge in [0.2, 0.25) is 41.5 Å². The van der Waals surface area contributed by atoms with Crippen molar-refractivity contribution in [2.45, 2.75) is 109 Å². The lowest BCUT2D eigenvalue weighted by molar-refractivity contribution is -0.130. The number of nitrogens with one attached hydrogen (secondary N) is 4. The van der Waals surface area contributed by atoms with Crippen LogP contribution in [0.15, 0.2) is 237 Å². The number of carbonyl (C=O) groups is 5. The lowest BCUT2D eigenvalue weighted by atomic mass is 9.97. The summed E-state index contributed by atoms with van der Waals surface area (Å²) in [6.45, 7) is 20.8. The summed E-state index contributed by atoms with van der Waals surface area (Å²) in [6.07, 6.45) is 6.21. The lowest BCUT2D eigenvalue weighted by Crippen LogP contribution is -2.39. The average Bonchev–Trinajstić information content (AvgIpc) is 1.79. The SMILES string of the molecule is CC(=O)N1CCCN(c2nc(N[C@H]3CCN(C(=O)Cc4ccccc4-c4ccccc4)C3)nc3ccccc23)CC1.CC(C)(C)OC(=O)N1CCCN(c2nc(N[C@H]3CCN(C(=O)Cc4ccccc4-c4ccccc4)C3)nc3ccccc23)CC1.Cl.Cl.Cl.O=C(Cc1ccccc1-c1ccccc1)N1CC[C@H](Nc2nc(N3CCCNCC3)c3ccccc3n2)C1. The quantitative estimate of drug-likeness (QED) is 0.0623. The number of hydrogen-bond acceptors (Lipinski definition) is 19. The molecule has 6 aliphatic rings. The Labute approximate surface area is 762 Å². The Balaban J connectivity index is 0.000000162. The Bertz CT molecular complexity index is 5720. The molecule has 0 spiro atoms. The van der Waals surface area contributed by atoms with Crippen molar-refractivity contribution in [2.24, 2.45) is 0 Å². The van der Waals surface area contributed by atoms with Gasteiger partial charge in [-0.1, -0.05) is 200 Å². The van der Waals surface area contributed by atoms with Crippen molar-refractivity contribution in [2.75, 3.05) is 148 Å². The van der Waals surface area contributed by atoms with E-state index in [1.165, 1.54) is 0 Å². The number of benzene rings is 9. The Morgan fingerprint density at radius 2 is 0.669 bits per heavy atom. The van der Waals surface area contributed by atoms with Crippen LogP contribution in [0.4, 0.5) is 40.1 Å². The second-order valence-electron chi connectivity index (χ2n) is 33.9. The van der Waals surface area contributed by atoms with Crippen molar-refractivity contribution in [3.63, 3.8) is 0 Å². The zero-order valence-corrected chi connectivity index (χ0v) is 75.2. The van der Waals surface area contributed by atoms with Gasteiger partial charge >= 0.3 is 6.09 Å². The van der Waals surface area contributed by atoms with E-state index in [0.717, 1.165) is 198 Å². The van der Waals surface area contributed by atoms with E-state index in [9.17, 15) is 24.0 Å². The second kappa shape index (κ2) is 43.8. The Morgan fingerprint density at radius 1 is 0.346 bits per heavy atom. The largest absolute Gasteiger partial charge is 0.444 e. The number of likely N-dealkylation sites (tertiary alicyclic amines) is 3. The number of para-hydroxylation sites is 3. The van der Waals surface area contributed by atoms with E-state index in [0.29, 0.717) is 96.0 Å². The highest BCUT2D eigenvalue weighted by Gasteiger charge is 2.34. The first-order valence-electron chi connectivity index (χ1n) is 44.1. The van der Waals surface area contributed by atoms with E-state index in [-0.39, 0.29) is 85.1 Å². The summed E-state index contributed by atoms with van der Waals surface area (Å²) in [6, 6.07) is 79.9. The Hall–Kier alpha value is -12.2. The van der Waals surface area contributed by atoms with Gasteiger partial charge in [-0.15, -0.1) is 37.2 Å². The predicted molar refractivity (Wildman–Crippen MR) is 516 cm³/mol. The fraction of sp³-hybridized carbons (Fsp3) is 0.350. The summed E-state index contributed by atoms with van der Waals surface area (Å²) in [5.41, 5.74) is 12.0. The van der Waals surface area contributed by atoms with Crippen LogP contribution in [0.5, 0.6) is 0 Å². The molecule has 6 fully saturated rings. The van der Waals surface area contributed by atoms with Gasteiger partial charge in [0.05, 0.1) is 35.8 Å². The van der Waals surface area contributed by atoms with Crippen molar-refractivity contribution < 1.29 is 28.7 Å². The number of amides is 5. The van der Waals surface area contributed by atoms with Crippen LogP contribution < -0.4 is 36.0 Å². The van der Waals surface area contributed by atoms with Gasteiger partial charge < -0.3 is 65.2 Å². The molecule has 6 aliphatic heterocycles. The molecule has 0 saturated carbocycles. The first-order valence-corrected chi connectivity index (χ1v) is 44.1. The third-order valence-electron chi connectivity index (χ3n) is 24.0. The number of halogens is 3. The highest BCUT2D eigenvalue weighted by Crippen LogP contribution is 2.35. The van der Waals surface area contributed by atoms with Crippen LogP contribution in [0, 0.1) is 0 Å². The van der Waals surface area contributed by atoms with Gasteiger partial charge in [0.1, 0.15) is 23.1 Å². The lowest BCUT2D eigenvalue weighted by Gasteiger charge is -2.27. The topological polar surface area (TPSA) is 246 Å². The number of rotatable bonds is 18. The summed E-state index contributed by atoms with van der Waals surface area (Å²) in [7, 11) is 0. The molecular weight excluding hydrogens is 1660 g/mol. The van der Waals surface area contributed by atoms with Crippen LogP contribution >= 0.6 is 37.2 Å². The molecule has 0 bridgehead atoms. The van der Waals surface area contributed by atoms with E-state index in [4.69, 9.17) is 34.6 Å². The highest BCUT2D eigenvalue weighted by molar-refractivity contribution is 5.94. The Kier molecular flexibility index (Phi) is 31.9. The van der Waals surface area contributed by atoms with E-state index >= 15 is 0 Å². The number of nitrogens with zero attached hydrogens (tertiary/aromatic N) is 14. The third kappa shape index (κ3) is 23.7. The molecule has 3 atom stereocenters. The predicted octanol–water partition coefficient (Wildman–Crippen LogP) is 16.2. The fourth-order valence-corrected chi connectivity index (χ4v) is 17.6. The zero-order valence-electron chi connectivity index (χ0n) is 72.8. The third-order valence-corrected chi connectivity index (χ3v) is 24.0. The van der Waals surface area contributed by atoms with E-state index in [1.54, 1.807) is 11.8 Å². The van der Waals surface area contributed by atoms with Crippen molar-refractivity contribution in [3.8, 4) is 33.4 Å². The standard InChI is InChI=1S/C36H42N6O3.C33H36N6O2.C31H34N6O.3ClH/c1-36(2,3)45-35(44)41-20-11-19-40(22-23-41)33-30-16-9-10-17-31(30)38-34(39-33)37-28-18-21-42(25-28)32(43)24-27-14-7-8-15-29(27)26-12-5-4-6-13-26;1-24(40)37-17-9-18-38(21-20-37)32-29-14-7-8-15-30(29)35-33(36-32)34-27-16-19-39(23-27)31(41)22-26-12-5-6-13-28(26)25-10-3-2-4-11-25;38-29(21-24-11-4-5-12-26(24)23-9-2-1-3-10-23)37-19-15-25(22-37)33-31-34-28-14-7-6-13-27(28)30(35-31)36-18-8-16-32-17-20-36;;;/h4-10,12-17,28H,11,18-25H2,1-3H3,(H,37,38,39);2-8,10-15,27H,9,16-23H2,1H3,(H,34,35,36);1-7,9-14,25,32H,8,15-22H2,(H,33,34,35);3*1H/t28-;27-;25-;;;/m000.../s1. The summed E-state index contributed by atoms with van der Waals surface area (Å²) in [5.74, 6) is 5.07. The van der Waals surface area contributed by atoms with Gasteiger partial charge in [-0.05, 0) is 152 Å². The van der Waals surface area contributed by atoms with Crippen LogP contribution in [0.3, 0.4) is 0 Å². The first-order chi connectivity index (χ1) is 60.5. The summed E-state index contributed by atoms with van der Waals surface area (Å²) in [4.78, 5) is 111. The number of carbonyl (C=O) groups excluding carboxylic acids is 5. The maximum atomic E-state index is 13.4. The first kappa shape index (κ1) is 92.4. The molecule has 0 aliphatic carbocycles. The number of aromatic nitrogens is 6. The van der Waals surface area contributed by atoms with Crippen LogP contribution in [0.25, 0.3) is 66.1 Å². The van der Waals surface area contributed by atoms with Crippen molar-refractivity contribution >= 4 is 135 Å². The molecule has 27 heteroatoms. The molecule has 12 aromatic rings. The summed E-state index contributed by atoms with van der Waals surface area (Å²) in [5, 5.41) is 17.2. The van der Waals surface area contributed by atoms with Gasteiger partial charge in [-0.2, -0.15) is 15.0 Å². The van der Waals surface area contributed by atoms with E-state index < -0.39 is 5.60 Å². The molecule has 3 aromatic heterocycles. The minimum Gasteiger partial charge on any atom is -0.444 e. The summed E-state index contributed by atoms with van der Waals surface area (Å²) < 4.78 is 5.63. The maximum absolute atomic E-state index is 13.4. The molecule has 0 unspecified atom stereocenters. The molecule has 9 aromatic carbocycles. The minimum atomic E-state index is -0.528. The van der Waals surface area contributed by atoms with E-state index in [2.05, 4.69) is 127 Å². The molecule has 127 heavy (non-hydrogen) atoms. The van der Waals surface area contributed by atoms with Crippen LogP contribution in [0.1, 0.15) is 82.9 Å². The van der Waals surface area contributed by atoms with Crippen molar-refractivity contribution in [3.05, 3.63) is 253 Å². The van der Waals surface area contributed by atoms with Crippen LogP contribution in [0.2, 0.25) is 0 Å². The van der Waals surface area contributed by atoms with Gasteiger partial charge in [-0.25, -0.2) is 19.7 Å². The number of hydrogen-bond donors (Lipinski definition) is 4. The van der Waals surface area contributed by atoms with Gasteiger partial charge in [0.25, 0.3) is 0 Å². The molecule has 6 saturated heterocycles. The molecule has 18 rings (SSSR count). The monoisotopic (exact) mass is 1770 g/mol. The van der Waals surface area contributed by atoms with Gasteiger partial charge in [0, 0.05) is 152 Å². The maximum Gasteiger partial charge on any atom is 0.410 e. The molecule has 24 nitrogen and oxygen atoms in total. The highest BCUT2D eigenvalue weighted by atomic mass is 35.5. The number of fused-ring (bicyclic) bond motifs is 3. The molecule has 9 heterocycles. The number of ether oxygens (including phenoxy) is 1. The zero-order chi connectivity index (χ0) is 85.3. The summed E-state index contributed by atoms with van der Waals surface area (Å²) >= 11 is 0. The smallest absolute Gasteiger partial charge is 0.410 e.